The summed E-state index contributed by atoms with van der Waals surface area (Å²) in [6, 6.07) is 10.1. The number of hydrogen-bond acceptors (Lipinski definition) is 4. The molecule has 0 saturated heterocycles. The summed E-state index contributed by atoms with van der Waals surface area (Å²) in [5.74, 6) is -0.481. The van der Waals surface area contributed by atoms with Crippen molar-refractivity contribution in [2.75, 3.05) is 5.32 Å². The van der Waals surface area contributed by atoms with Crippen LogP contribution in [0.3, 0.4) is 0 Å². The summed E-state index contributed by atoms with van der Waals surface area (Å²) in [7, 11) is 0. The van der Waals surface area contributed by atoms with E-state index < -0.39 is 10.8 Å². The quantitative estimate of drug-likeness (QED) is 0.653. The highest BCUT2D eigenvalue weighted by Gasteiger charge is 2.21. The number of nitrogens with two attached hydrogens (primary N) is 1. The van der Waals surface area contributed by atoms with Gasteiger partial charge in [0, 0.05) is 17.3 Å². The van der Waals surface area contributed by atoms with Crippen LogP contribution in [0, 0.1) is 10.1 Å². The van der Waals surface area contributed by atoms with Gasteiger partial charge in [-0.3, -0.25) is 14.9 Å². The van der Waals surface area contributed by atoms with E-state index >= 15 is 0 Å². The van der Waals surface area contributed by atoms with E-state index in [-0.39, 0.29) is 5.69 Å². The molecule has 21 heavy (non-hydrogen) atoms. The Morgan fingerprint density at radius 2 is 1.95 bits per heavy atom. The Labute approximate surface area is 120 Å². The van der Waals surface area contributed by atoms with Crippen molar-refractivity contribution in [1.82, 2.24) is 0 Å². The number of carbonyl (C=O) groups is 1. The lowest BCUT2D eigenvalue weighted by Crippen LogP contribution is -2.11. The maximum Gasteiger partial charge on any atom is 0.292 e. The van der Waals surface area contributed by atoms with E-state index in [1.165, 1.54) is 6.07 Å². The molecule has 1 aliphatic heterocycles. The van der Waals surface area contributed by atoms with E-state index in [2.05, 4.69) is 5.32 Å². The molecule has 1 aliphatic rings. The van der Waals surface area contributed by atoms with Crippen molar-refractivity contribution < 1.29 is 9.72 Å². The van der Waals surface area contributed by atoms with Gasteiger partial charge in [-0.1, -0.05) is 12.1 Å². The molecule has 0 fully saturated rings. The molecule has 0 unspecified atom stereocenters. The number of nitro groups is 1. The first kappa shape index (κ1) is 13.1. The minimum atomic E-state index is -0.481. The SMILES string of the molecule is NC(=O)c1ccc2c(c1)CCc1cccc([N+](=O)[O-])c1N2. The van der Waals surface area contributed by atoms with E-state index in [1.807, 2.05) is 6.07 Å². The number of nitrogens with one attached hydrogen (secondary N) is 1. The number of anilines is 2. The van der Waals surface area contributed by atoms with Gasteiger partial charge in [0.1, 0.15) is 5.69 Å². The zero-order chi connectivity index (χ0) is 15.0. The summed E-state index contributed by atoms with van der Waals surface area (Å²) >= 11 is 0. The molecular formula is C15H13N3O3. The van der Waals surface area contributed by atoms with Crippen molar-refractivity contribution in [3.63, 3.8) is 0 Å². The Morgan fingerprint density at radius 1 is 1.19 bits per heavy atom. The number of nitro benzene ring substituents is 1. The van der Waals surface area contributed by atoms with Crippen LogP contribution in [0.15, 0.2) is 36.4 Å². The van der Waals surface area contributed by atoms with Crippen LogP contribution in [-0.4, -0.2) is 10.8 Å². The summed E-state index contributed by atoms with van der Waals surface area (Å²) in [6.45, 7) is 0. The number of primary amides is 1. The fraction of sp³-hybridized carbons (Fsp3) is 0.133. The fourth-order valence-electron chi connectivity index (χ4n) is 2.57. The second-order valence-corrected chi connectivity index (χ2v) is 4.93. The van der Waals surface area contributed by atoms with Crippen molar-refractivity contribution in [1.29, 1.82) is 0 Å². The molecule has 3 N–H and O–H groups in total. The topological polar surface area (TPSA) is 98.3 Å². The van der Waals surface area contributed by atoms with E-state index in [4.69, 9.17) is 5.73 Å². The van der Waals surface area contributed by atoms with Gasteiger partial charge < -0.3 is 11.1 Å². The standard InChI is InChI=1S/C15H13N3O3/c16-15(19)11-6-7-12-10(8-11)5-4-9-2-1-3-13(18(20)21)14(9)17-12/h1-3,6-8,17H,4-5H2,(H2,16,19). The van der Waals surface area contributed by atoms with Gasteiger partial charge >= 0.3 is 0 Å². The molecule has 1 heterocycles. The first-order valence-corrected chi connectivity index (χ1v) is 6.52. The third-order valence-corrected chi connectivity index (χ3v) is 3.64. The van der Waals surface area contributed by atoms with Crippen molar-refractivity contribution in [3.8, 4) is 0 Å². The number of fused-ring (bicyclic) bond motifs is 2. The maximum atomic E-state index is 11.2. The molecule has 0 saturated carbocycles. The minimum Gasteiger partial charge on any atom is -0.366 e. The Morgan fingerprint density at radius 3 is 2.67 bits per heavy atom. The van der Waals surface area contributed by atoms with Crippen LogP contribution >= 0.6 is 0 Å². The second-order valence-electron chi connectivity index (χ2n) is 4.93. The zero-order valence-electron chi connectivity index (χ0n) is 11.1. The molecule has 2 aromatic rings. The normalized spacial score (nSPS) is 12.6. The summed E-state index contributed by atoms with van der Waals surface area (Å²) in [6.07, 6.45) is 1.36. The Balaban J connectivity index is 2.09. The predicted octanol–water partition coefficient (Wildman–Crippen LogP) is 2.54. The first-order chi connectivity index (χ1) is 10.1. The zero-order valence-corrected chi connectivity index (χ0v) is 11.1. The summed E-state index contributed by atoms with van der Waals surface area (Å²) in [4.78, 5) is 22.0. The average molecular weight is 283 g/mol. The molecule has 1 amide bonds. The fourth-order valence-corrected chi connectivity index (χ4v) is 2.57. The van der Waals surface area contributed by atoms with Crippen LogP contribution in [0.2, 0.25) is 0 Å². The largest absolute Gasteiger partial charge is 0.366 e. The number of carbonyl (C=O) groups excluding carboxylic acids is 1. The summed E-state index contributed by atoms with van der Waals surface area (Å²) < 4.78 is 0. The van der Waals surface area contributed by atoms with E-state index in [0.29, 0.717) is 24.1 Å². The van der Waals surface area contributed by atoms with E-state index in [9.17, 15) is 14.9 Å². The molecule has 3 rings (SSSR count). The second kappa shape index (κ2) is 4.90. The number of para-hydroxylation sites is 1. The predicted molar refractivity (Wildman–Crippen MR) is 78.7 cm³/mol. The molecule has 0 radical (unpaired) electrons. The molecule has 106 valence electrons. The number of nitrogens with zero attached hydrogens (tertiary/aromatic N) is 1. The number of amides is 1. The van der Waals surface area contributed by atoms with Crippen LogP contribution in [0.1, 0.15) is 21.5 Å². The van der Waals surface area contributed by atoms with Gasteiger partial charge in [-0.25, -0.2) is 0 Å². The van der Waals surface area contributed by atoms with Gasteiger partial charge in [-0.05, 0) is 42.2 Å². The molecular weight excluding hydrogens is 270 g/mol. The van der Waals surface area contributed by atoms with E-state index in [0.717, 1.165) is 16.8 Å². The minimum absolute atomic E-state index is 0.0549. The van der Waals surface area contributed by atoms with E-state index in [1.54, 1.807) is 24.3 Å². The molecule has 0 spiro atoms. The van der Waals surface area contributed by atoms with Gasteiger partial charge in [-0.15, -0.1) is 0 Å². The molecule has 0 atom stereocenters. The van der Waals surface area contributed by atoms with Crippen molar-refractivity contribution in [3.05, 3.63) is 63.2 Å². The van der Waals surface area contributed by atoms with Crippen LogP contribution in [0.25, 0.3) is 0 Å². The number of aryl methyl sites for hydroxylation is 2. The molecule has 0 aromatic heterocycles. The highest BCUT2D eigenvalue weighted by molar-refractivity contribution is 5.94. The smallest absolute Gasteiger partial charge is 0.292 e. The molecule has 6 nitrogen and oxygen atoms in total. The van der Waals surface area contributed by atoms with Crippen LogP contribution in [0.5, 0.6) is 0 Å². The third kappa shape index (κ3) is 2.31. The molecule has 2 aromatic carbocycles. The highest BCUT2D eigenvalue weighted by Crippen LogP contribution is 2.36. The van der Waals surface area contributed by atoms with Crippen LogP contribution in [-0.2, 0) is 12.8 Å². The van der Waals surface area contributed by atoms with Gasteiger partial charge in [-0.2, -0.15) is 0 Å². The van der Waals surface area contributed by atoms with Gasteiger partial charge in [0.25, 0.3) is 5.69 Å². The molecule has 6 heteroatoms. The molecule has 0 aliphatic carbocycles. The van der Waals surface area contributed by atoms with Crippen molar-refractivity contribution >= 4 is 23.0 Å². The average Bonchev–Trinajstić information content (AvgIpc) is 2.64. The number of rotatable bonds is 2. The lowest BCUT2D eigenvalue weighted by atomic mass is 10.0. The van der Waals surface area contributed by atoms with Crippen molar-refractivity contribution in [2.24, 2.45) is 5.73 Å². The van der Waals surface area contributed by atoms with Gasteiger partial charge in [0.15, 0.2) is 0 Å². The lowest BCUT2D eigenvalue weighted by Gasteiger charge is -2.10. The number of hydrogen-bond donors (Lipinski definition) is 2. The summed E-state index contributed by atoms with van der Waals surface area (Å²) in [5, 5.41) is 14.3. The first-order valence-electron chi connectivity index (χ1n) is 6.52. The molecule has 0 bridgehead atoms. The lowest BCUT2D eigenvalue weighted by molar-refractivity contribution is -0.384. The van der Waals surface area contributed by atoms with Crippen molar-refractivity contribution in [2.45, 2.75) is 12.8 Å². The number of benzene rings is 2. The van der Waals surface area contributed by atoms with Crippen LogP contribution < -0.4 is 11.1 Å². The van der Waals surface area contributed by atoms with Gasteiger partial charge in [0.05, 0.1) is 4.92 Å². The Bertz CT molecular complexity index is 756. The third-order valence-electron chi connectivity index (χ3n) is 3.64. The van der Waals surface area contributed by atoms with Crippen LogP contribution in [0.4, 0.5) is 17.1 Å². The monoisotopic (exact) mass is 283 g/mol. The maximum absolute atomic E-state index is 11.2. The summed E-state index contributed by atoms with van der Waals surface area (Å²) in [5.41, 5.74) is 8.89. The highest BCUT2D eigenvalue weighted by atomic mass is 16.6. The Hall–Kier alpha value is -2.89. The van der Waals surface area contributed by atoms with Gasteiger partial charge in [0.2, 0.25) is 5.91 Å². The Kier molecular flexibility index (Phi) is 3.06.